The molecule has 0 unspecified atom stereocenters. The lowest BCUT2D eigenvalue weighted by molar-refractivity contribution is -0.120. The summed E-state index contributed by atoms with van der Waals surface area (Å²) in [6.45, 7) is -0.201. The summed E-state index contributed by atoms with van der Waals surface area (Å²) < 4.78 is 47.5. The van der Waals surface area contributed by atoms with Crippen LogP contribution in [0.2, 0.25) is 0 Å². The van der Waals surface area contributed by atoms with E-state index in [0.29, 0.717) is 0 Å². The van der Waals surface area contributed by atoms with Crippen LogP contribution in [0, 0.1) is 11.6 Å². The molecule has 5 nitrogen and oxygen atoms in total. The number of halogens is 2. The van der Waals surface area contributed by atoms with Gasteiger partial charge in [0.25, 0.3) is 0 Å². The molecule has 0 aliphatic rings. The van der Waals surface area contributed by atoms with Gasteiger partial charge in [0.2, 0.25) is 15.9 Å². The number of amides is 1. The van der Waals surface area contributed by atoms with Crippen molar-refractivity contribution in [1.82, 2.24) is 5.32 Å². The largest absolute Gasteiger partial charge is 0.355 e. The lowest BCUT2D eigenvalue weighted by atomic mass is 10.1. The maximum atomic E-state index is 13.2. The summed E-state index contributed by atoms with van der Waals surface area (Å²) in [5, 5.41) is 6.93. The first kappa shape index (κ1) is 14.5. The second-order valence-electron chi connectivity index (χ2n) is 3.59. The second-order valence-corrected chi connectivity index (χ2v) is 5.33. The Morgan fingerprint density at radius 2 is 1.83 bits per heavy atom. The van der Waals surface area contributed by atoms with Crippen LogP contribution in [0.4, 0.5) is 8.78 Å². The first-order valence-electron chi connectivity index (χ1n) is 4.99. The van der Waals surface area contributed by atoms with Crippen molar-refractivity contribution in [3.8, 4) is 0 Å². The van der Waals surface area contributed by atoms with Crippen LogP contribution < -0.4 is 10.5 Å². The van der Waals surface area contributed by atoms with E-state index >= 15 is 0 Å². The molecule has 0 bridgehead atoms. The van der Waals surface area contributed by atoms with Gasteiger partial charge in [0.05, 0.1) is 12.2 Å². The van der Waals surface area contributed by atoms with Gasteiger partial charge in [0.1, 0.15) is 11.6 Å². The highest BCUT2D eigenvalue weighted by Crippen LogP contribution is 2.12. The molecule has 1 aromatic carbocycles. The lowest BCUT2D eigenvalue weighted by Crippen LogP contribution is -2.32. The van der Waals surface area contributed by atoms with Crippen LogP contribution >= 0.6 is 0 Å². The normalized spacial score (nSPS) is 11.3. The molecule has 1 rings (SSSR count). The molecule has 0 fully saturated rings. The van der Waals surface area contributed by atoms with Gasteiger partial charge in [0, 0.05) is 12.1 Å². The number of hydrogen-bond donors (Lipinski definition) is 2. The number of nitrogens with one attached hydrogen (secondary N) is 1. The van der Waals surface area contributed by atoms with Crippen LogP contribution in [0.3, 0.4) is 0 Å². The van der Waals surface area contributed by atoms with E-state index in [1.165, 1.54) is 6.07 Å². The monoisotopic (exact) mass is 278 g/mol. The van der Waals surface area contributed by atoms with Gasteiger partial charge in [-0.25, -0.2) is 22.3 Å². The van der Waals surface area contributed by atoms with Crippen LogP contribution in [-0.4, -0.2) is 26.6 Å². The Balaban J connectivity index is 2.55. The molecule has 0 spiro atoms. The van der Waals surface area contributed by atoms with Crippen molar-refractivity contribution in [2.24, 2.45) is 5.14 Å². The van der Waals surface area contributed by atoms with Gasteiger partial charge in [-0.1, -0.05) is 6.07 Å². The number of carbonyl (C=O) groups excluding carboxylic acids is 1. The first-order chi connectivity index (χ1) is 8.29. The molecule has 0 saturated carbocycles. The zero-order valence-corrected chi connectivity index (χ0v) is 10.1. The Morgan fingerprint density at radius 3 is 2.33 bits per heavy atom. The summed E-state index contributed by atoms with van der Waals surface area (Å²) in [7, 11) is -3.67. The minimum atomic E-state index is -3.67. The van der Waals surface area contributed by atoms with Crippen molar-refractivity contribution in [3.05, 3.63) is 35.4 Å². The van der Waals surface area contributed by atoms with E-state index in [0.717, 1.165) is 12.1 Å². The number of rotatable bonds is 5. The summed E-state index contributed by atoms with van der Waals surface area (Å²) in [4.78, 5) is 11.3. The van der Waals surface area contributed by atoms with Crippen LogP contribution in [0.25, 0.3) is 0 Å². The van der Waals surface area contributed by atoms with Crippen LogP contribution in [-0.2, 0) is 21.2 Å². The van der Waals surface area contributed by atoms with E-state index in [1.54, 1.807) is 0 Å². The van der Waals surface area contributed by atoms with Crippen LogP contribution in [0.5, 0.6) is 0 Å². The van der Waals surface area contributed by atoms with E-state index in [2.05, 4.69) is 5.32 Å². The maximum Gasteiger partial charge on any atom is 0.224 e. The van der Waals surface area contributed by atoms with Gasteiger partial charge >= 0.3 is 0 Å². The first-order valence-corrected chi connectivity index (χ1v) is 6.71. The average molecular weight is 278 g/mol. The van der Waals surface area contributed by atoms with E-state index in [9.17, 15) is 22.0 Å². The summed E-state index contributed by atoms with van der Waals surface area (Å²) in [5.74, 6) is -2.76. The number of benzene rings is 1. The molecular formula is C10H12F2N2O3S. The van der Waals surface area contributed by atoms with Gasteiger partial charge in [0.15, 0.2) is 0 Å². The quantitative estimate of drug-likeness (QED) is 0.789. The molecular weight excluding hydrogens is 266 g/mol. The molecule has 1 aromatic rings. The van der Waals surface area contributed by atoms with Crippen molar-refractivity contribution >= 4 is 15.9 Å². The maximum absolute atomic E-state index is 13.2. The third kappa shape index (κ3) is 4.76. The minimum Gasteiger partial charge on any atom is -0.355 e. The SMILES string of the molecule is NS(=O)(=O)CCNC(=O)Cc1c(F)cccc1F. The molecule has 8 heteroatoms. The minimum absolute atomic E-state index is 0.201. The predicted molar refractivity (Wildman–Crippen MR) is 61.0 cm³/mol. The fraction of sp³-hybridized carbons (Fsp3) is 0.300. The number of primary sulfonamides is 1. The van der Waals surface area contributed by atoms with Crippen molar-refractivity contribution in [1.29, 1.82) is 0 Å². The predicted octanol–water partition coefficient (Wildman–Crippen LogP) is -0.0880. The molecule has 18 heavy (non-hydrogen) atoms. The van der Waals surface area contributed by atoms with Crippen LogP contribution in [0.15, 0.2) is 18.2 Å². The second kappa shape index (κ2) is 5.87. The molecule has 0 aliphatic carbocycles. The fourth-order valence-electron chi connectivity index (χ4n) is 1.26. The molecule has 0 saturated heterocycles. The van der Waals surface area contributed by atoms with Crippen molar-refractivity contribution in [2.75, 3.05) is 12.3 Å². The van der Waals surface area contributed by atoms with Gasteiger partial charge in [-0.05, 0) is 12.1 Å². The summed E-state index contributed by atoms with van der Waals surface area (Å²) in [6, 6.07) is 3.26. The molecule has 0 radical (unpaired) electrons. The van der Waals surface area contributed by atoms with E-state index < -0.39 is 39.7 Å². The van der Waals surface area contributed by atoms with Crippen molar-refractivity contribution in [2.45, 2.75) is 6.42 Å². The summed E-state index contributed by atoms with van der Waals surface area (Å²) in [5.41, 5.74) is -0.356. The number of nitrogens with two attached hydrogens (primary N) is 1. The third-order valence-corrected chi connectivity index (χ3v) is 2.88. The Kier molecular flexibility index (Phi) is 4.74. The average Bonchev–Trinajstić information content (AvgIpc) is 2.22. The number of sulfonamides is 1. The Morgan fingerprint density at radius 1 is 1.28 bits per heavy atom. The highest BCUT2D eigenvalue weighted by atomic mass is 32.2. The Hall–Kier alpha value is -1.54. The van der Waals surface area contributed by atoms with Gasteiger partial charge in [-0.3, -0.25) is 4.79 Å². The van der Waals surface area contributed by atoms with Crippen molar-refractivity contribution < 1.29 is 22.0 Å². The molecule has 100 valence electrons. The molecule has 1 amide bonds. The smallest absolute Gasteiger partial charge is 0.224 e. The standard InChI is InChI=1S/C10H12F2N2O3S/c11-8-2-1-3-9(12)7(8)6-10(15)14-4-5-18(13,16)17/h1-3H,4-6H2,(H,14,15)(H2,13,16,17). The molecule has 3 N–H and O–H groups in total. The summed E-state index contributed by atoms with van der Waals surface area (Å²) in [6.07, 6.45) is -0.497. The number of carbonyl (C=O) groups is 1. The summed E-state index contributed by atoms with van der Waals surface area (Å²) >= 11 is 0. The number of hydrogen-bond acceptors (Lipinski definition) is 3. The molecule has 0 atom stereocenters. The highest BCUT2D eigenvalue weighted by molar-refractivity contribution is 7.89. The van der Waals surface area contributed by atoms with Gasteiger partial charge in [-0.2, -0.15) is 0 Å². The van der Waals surface area contributed by atoms with Gasteiger partial charge in [-0.15, -0.1) is 0 Å². The highest BCUT2D eigenvalue weighted by Gasteiger charge is 2.13. The molecule has 0 aromatic heterocycles. The Bertz CT molecular complexity index is 526. The van der Waals surface area contributed by atoms with E-state index in [1.807, 2.05) is 0 Å². The molecule has 0 aliphatic heterocycles. The van der Waals surface area contributed by atoms with Gasteiger partial charge < -0.3 is 5.32 Å². The molecule has 0 heterocycles. The van der Waals surface area contributed by atoms with Crippen LogP contribution in [0.1, 0.15) is 5.56 Å². The Labute approximate surface area is 103 Å². The van der Waals surface area contributed by atoms with E-state index in [-0.39, 0.29) is 12.1 Å². The van der Waals surface area contributed by atoms with E-state index in [4.69, 9.17) is 5.14 Å². The zero-order chi connectivity index (χ0) is 13.8. The topological polar surface area (TPSA) is 89.3 Å². The third-order valence-electron chi connectivity index (χ3n) is 2.11. The fourth-order valence-corrected chi connectivity index (χ4v) is 1.64. The lowest BCUT2D eigenvalue weighted by Gasteiger charge is -2.06. The zero-order valence-electron chi connectivity index (χ0n) is 9.32. The van der Waals surface area contributed by atoms with Crippen molar-refractivity contribution in [3.63, 3.8) is 0 Å².